The molecule has 21 heavy (non-hydrogen) atoms. The Hall–Kier alpha value is -0.203. The largest absolute Gasteiger partial charge is 0.416 e. The van der Waals surface area contributed by atoms with E-state index >= 15 is 0 Å². The van der Waals surface area contributed by atoms with Gasteiger partial charge in [0, 0.05) is 11.1 Å². The fraction of sp³-hybridized carbons (Fsp3) is 0.625. The minimum atomic E-state index is -1.93. The van der Waals surface area contributed by atoms with Gasteiger partial charge in [0.25, 0.3) is 0 Å². The smallest absolute Gasteiger partial charge is 0.192 e. The summed E-state index contributed by atoms with van der Waals surface area (Å²) >= 11 is 3.44. The van der Waals surface area contributed by atoms with Gasteiger partial charge in [-0.05, 0) is 35.8 Å². The van der Waals surface area contributed by atoms with E-state index in [9.17, 15) is 10.2 Å². The molecule has 3 nitrogen and oxygen atoms in total. The van der Waals surface area contributed by atoms with Gasteiger partial charge in [-0.2, -0.15) is 0 Å². The van der Waals surface area contributed by atoms with Crippen LogP contribution in [-0.2, 0) is 9.84 Å². The number of aliphatic hydroxyl groups excluding tert-OH is 2. The molecule has 1 aromatic rings. The number of rotatable bonds is 6. The molecule has 0 amide bonds. The Morgan fingerprint density at radius 1 is 1.14 bits per heavy atom. The molecular formula is C16H27BrO3Si. The second-order valence-electron chi connectivity index (χ2n) is 7.16. The lowest BCUT2D eigenvalue weighted by Crippen LogP contribution is -2.48. The average Bonchev–Trinajstić information content (AvgIpc) is 2.39. The molecule has 0 aliphatic rings. The lowest BCUT2D eigenvalue weighted by Gasteiger charge is -2.40. The number of benzene rings is 1. The van der Waals surface area contributed by atoms with Gasteiger partial charge in [-0.15, -0.1) is 0 Å². The summed E-state index contributed by atoms with van der Waals surface area (Å²) in [4.78, 5) is 0. The molecule has 0 atom stereocenters. The SMILES string of the molecule is CC(C)(C)[Si](C)(C)OCC(CO)(CO)c1cccc(Br)c1. The maximum atomic E-state index is 9.88. The summed E-state index contributed by atoms with van der Waals surface area (Å²) in [6.07, 6.45) is 0. The lowest BCUT2D eigenvalue weighted by atomic mass is 9.83. The summed E-state index contributed by atoms with van der Waals surface area (Å²) in [5.74, 6) is 0. The zero-order valence-corrected chi connectivity index (χ0v) is 16.2. The van der Waals surface area contributed by atoms with Gasteiger partial charge >= 0.3 is 0 Å². The van der Waals surface area contributed by atoms with Crippen LogP contribution in [0, 0.1) is 0 Å². The summed E-state index contributed by atoms with van der Waals surface area (Å²) in [7, 11) is -1.93. The Bertz CT molecular complexity index is 465. The molecule has 0 spiro atoms. The molecule has 1 aromatic carbocycles. The van der Waals surface area contributed by atoms with Crippen molar-refractivity contribution in [2.45, 2.75) is 44.3 Å². The van der Waals surface area contributed by atoms with Crippen molar-refractivity contribution in [1.29, 1.82) is 0 Å². The Labute approximate surface area is 137 Å². The molecule has 0 radical (unpaired) electrons. The highest BCUT2D eigenvalue weighted by Crippen LogP contribution is 2.38. The van der Waals surface area contributed by atoms with E-state index in [0.717, 1.165) is 10.0 Å². The highest BCUT2D eigenvalue weighted by atomic mass is 79.9. The highest BCUT2D eigenvalue weighted by molar-refractivity contribution is 9.10. The molecule has 120 valence electrons. The molecule has 0 unspecified atom stereocenters. The summed E-state index contributed by atoms with van der Waals surface area (Å²) in [5.41, 5.74) is 0.125. The first-order valence-electron chi connectivity index (χ1n) is 7.20. The van der Waals surface area contributed by atoms with Crippen LogP contribution >= 0.6 is 15.9 Å². The Kier molecular flexibility index (Phi) is 6.21. The van der Waals surface area contributed by atoms with Crippen LogP contribution in [0.4, 0.5) is 0 Å². The molecule has 2 N–H and O–H groups in total. The molecule has 0 heterocycles. The van der Waals surface area contributed by atoms with Gasteiger partial charge in [0.1, 0.15) is 0 Å². The maximum absolute atomic E-state index is 9.88. The van der Waals surface area contributed by atoms with Crippen molar-refractivity contribution in [3.63, 3.8) is 0 Å². The van der Waals surface area contributed by atoms with E-state index in [-0.39, 0.29) is 18.3 Å². The van der Waals surface area contributed by atoms with E-state index in [4.69, 9.17) is 4.43 Å². The van der Waals surface area contributed by atoms with Crippen molar-refractivity contribution in [3.8, 4) is 0 Å². The summed E-state index contributed by atoms with van der Waals surface area (Å²) in [5, 5.41) is 19.9. The first-order chi connectivity index (χ1) is 9.58. The van der Waals surface area contributed by atoms with Gasteiger partial charge in [-0.25, -0.2) is 0 Å². The second-order valence-corrected chi connectivity index (χ2v) is 12.9. The van der Waals surface area contributed by atoms with Gasteiger partial charge in [-0.1, -0.05) is 48.8 Å². The minimum Gasteiger partial charge on any atom is -0.416 e. The van der Waals surface area contributed by atoms with Crippen LogP contribution in [0.5, 0.6) is 0 Å². The fourth-order valence-corrected chi connectivity index (χ4v) is 3.23. The Balaban J connectivity index is 3.03. The van der Waals surface area contributed by atoms with E-state index in [0.29, 0.717) is 6.61 Å². The third-order valence-corrected chi connectivity index (χ3v) is 9.53. The third kappa shape index (κ3) is 4.39. The van der Waals surface area contributed by atoms with Gasteiger partial charge in [0.2, 0.25) is 0 Å². The highest BCUT2D eigenvalue weighted by Gasteiger charge is 2.41. The van der Waals surface area contributed by atoms with Crippen LogP contribution in [0.1, 0.15) is 26.3 Å². The Morgan fingerprint density at radius 3 is 2.14 bits per heavy atom. The third-order valence-electron chi connectivity index (χ3n) is 4.56. The first-order valence-corrected chi connectivity index (χ1v) is 10.9. The molecule has 5 heteroatoms. The van der Waals surface area contributed by atoms with Crippen LogP contribution in [0.3, 0.4) is 0 Å². The van der Waals surface area contributed by atoms with Crippen molar-refractivity contribution in [1.82, 2.24) is 0 Å². The lowest BCUT2D eigenvalue weighted by molar-refractivity contribution is 0.0679. The molecule has 0 saturated heterocycles. The predicted octanol–water partition coefficient (Wildman–Crippen LogP) is 3.69. The van der Waals surface area contributed by atoms with E-state index < -0.39 is 13.7 Å². The van der Waals surface area contributed by atoms with Crippen molar-refractivity contribution >= 4 is 24.2 Å². The molecule has 0 fully saturated rings. The average molecular weight is 375 g/mol. The van der Waals surface area contributed by atoms with Gasteiger partial charge in [-0.3, -0.25) is 0 Å². The van der Waals surface area contributed by atoms with Gasteiger partial charge in [0.05, 0.1) is 18.6 Å². The van der Waals surface area contributed by atoms with Crippen LogP contribution in [0.2, 0.25) is 18.1 Å². The zero-order valence-electron chi connectivity index (χ0n) is 13.6. The van der Waals surface area contributed by atoms with Crippen molar-refractivity contribution in [2.75, 3.05) is 19.8 Å². The standard InChI is InChI=1S/C16H27BrO3Si/c1-15(2,3)21(4,5)20-12-16(10-18,11-19)13-7-6-8-14(17)9-13/h6-9,18-19H,10-12H2,1-5H3. The monoisotopic (exact) mass is 374 g/mol. The molecule has 0 saturated carbocycles. The van der Waals surface area contributed by atoms with Crippen molar-refractivity contribution in [3.05, 3.63) is 34.3 Å². The zero-order chi connectivity index (χ0) is 16.3. The summed E-state index contributed by atoms with van der Waals surface area (Å²) < 4.78 is 7.17. The van der Waals surface area contributed by atoms with Crippen LogP contribution in [0.15, 0.2) is 28.7 Å². The van der Waals surface area contributed by atoms with Crippen LogP contribution in [0.25, 0.3) is 0 Å². The quantitative estimate of drug-likeness (QED) is 0.746. The number of aliphatic hydroxyl groups is 2. The van der Waals surface area contributed by atoms with E-state index in [1.807, 2.05) is 24.3 Å². The fourth-order valence-electron chi connectivity index (χ4n) is 1.76. The number of halogens is 1. The van der Waals surface area contributed by atoms with E-state index in [1.165, 1.54) is 0 Å². The normalized spacial score (nSPS) is 13.5. The van der Waals surface area contributed by atoms with E-state index in [1.54, 1.807) is 0 Å². The molecule has 0 aliphatic carbocycles. The summed E-state index contributed by atoms with van der Waals surface area (Å²) in [6.45, 7) is 10.9. The second kappa shape index (κ2) is 6.92. The maximum Gasteiger partial charge on any atom is 0.192 e. The molecule has 0 aromatic heterocycles. The molecule has 0 bridgehead atoms. The van der Waals surface area contributed by atoms with Crippen LogP contribution in [-0.4, -0.2) is 38.4 Å². The molecular weight excluding hydrogens is 348 g/mol. The van der Waals surface area contributed by atoms with Crippen LogP contribution < -0.4 is 0 Å². The van der Waals surface area contributed by atoms with E-state index in [2.05, 4.69) is 49.8 Å². The Morgan fingerprint density at radius 2 is 1.71 bits per heavy atom. The number of hydrogen-bond donors (Lipinski definition) is 2. The van der Waals surface area contributed by atoms with Gasteiger partial charge in [0.15, 0.2) is 8.32 Å². The topological polar surface area (TPSA) is 49.7 Å². The molecule has 1 rings (SSSR count). The van der Waals surface area contributed by atoms with Crippen molar-refractivity contribution < 1.29 is 14.6 Å². The molecule has 0 aliphatic heterocycles. The number of hydrogen-bond acceptors (Lipinski definition) is 3. The van der Waals surface area contributed by atoms with Crippen molar-refractivity contribution in [2.24, 2.45) is 0 Å². The van der Waals surface area contributed by atoms with Gasteiger partial charge < -0.3 is 14.6 Å². The predicted molar refractivity (Wildman–Crippen MR) is 93.1 cm³/mol. The summed E-state index contributed by atoms with van der Waals surface area (Å²) in [6, 6.07) is 7.69. The minimum absolute atomic E-state index is 0.0981. The first kappa shape index (κ1) is 18.8.